The van der Waals surface area contributed by atoms with Gasteiger partial charge < -0.3 is 14.4 Å². The lowest BCUT2D eigenvalue weighted by Crippen LogP contribution is -2.27. The Morgan fingerprint density at radius 2 is 1.85 bits per heavy atom. The number of rotatable bonds is 5. The number of benzene rings is 2. The Balaban J connectivity index is 1.76. The second-order valence-corrected chi connectivity index (χ2v) is 8.39. The first-order valence-corrected chi connectivity index (χ1v) is 9.73. The van der Waals surface area contributed by atoms with Gasteiger partial charge in [0, 0.05) is 6.54 Å². The van der Waals surface area contributed by atoms with E-state index < -0.39 is 0 Å². The van der Waals surface area contributed by atoms with Crippen molar-refractivity contribution in [3.05, 3.63) is 59.7 Å². The molecule has 0 radical (unpaired) electrons. The maximum absolute atomic E-state index is 12.4. The smallest absolute Gasteiger partial charge is 0.234 e. The standard InChI is InChI=1S/C21H25NO3S/c1-21(2,3)25-17-10-8-16(9-11-17)20-22(19(23)14-26-20)13-15-6-5-7-18(12-15)24-4/h5-12,20H,13-14H2,1-4H3. The van der Waals surface area contributed by atoms with Crippen LogP contribution in [0.5, 0.6) is 11.5 Å². The van der Waals surface area contributed by atoms with Crippen LogP contribution < -0.4 is 9.47 Å². The van der Waals surface area contributed by atoms with E-state index in [1.54, 1.807) is 18.9 Å². The van der Waals surface area contributed by atoms with E-state index in [9.17, 15) is 4.79 Å². The highest BCUT2D eigenvalue weighted by molar-refractivity contribution is 8.00. The predicted molar refractivity (Wildman–Crippen MR) is 106 cm³/mol. The van der Waals surface area contributed by atoms with Crippen molar-refractivity contribution < 1.29 is 14.3 Å². The number of hydrogen-bond donors (Lipinski definition) is 0. The quantitative estimate of drug-likeness (QED) is 0.767. The number of hydrogen-bond acceptors (Lipinski definition) is 4. The molecule has 5 heteroatoms. The summed E-state index contributed by atoms with van der Waals surface area (Å²) < 4.78 is 11.2. The zero-order valence-electron chi connectivity index (χ0n) is 15.7. The van der Waals surface area contributed by atoms with Gasteiger partial charge in [0.05, 0.1) is 12.9 Å². The van der Waals surface area contributed by atoms with Gasteiger partial charge in [0.2, 0.25) is 5.91 Å². The van der Waals surface area contributed by atoms with Gasteiger partial charge in [-0.3, -0.25) is 4.79 Å². The van der Waals surface area contributed by atoms with Crippen molar-refractivity contribution in [1.29, 1.82) is 0 Å². The van der Waals surface area contributed by atoms with E-state index >= 15 is 0 Å². The number of thioether (sulfide) groups is 1. The van der Waals surface area contributed by atoms with Gasteiger partial charge in [-0.05, 0) is 56.2 Å². The van der Waals surface area contributed by atoms with Gasteiger partial charge in [-0.2, -0.15) is 0 Å². The van der Waals surface area contributed by atoms with E-state index in [1.165, 1.54) is 0 Å². The summed E-state index contributed by atoms with van der Waals surface area (Å²) in [5.74, 6) is 2.32. The average Bonchev–Trinajstić information content (AvgIpc) is 2.95. The first-order chi connectivity index (χ1) is 12.4. The van der Waals surface area contributed by atoms with E-state index in [0.29, 0.717) is 12.3 Å². The van der Waals surface area contributed by atoms with Gasteiger partial charge in [-0.25, -0.2) is 0 Å². The molecule has 1 saturated heterocycles. The molecule has 26 heavy (non-hydrogen) atoms. The molecule has 1 unspecified atom stereocenters. The van der Waals surface area contributed by atoms with Crippen LogP contribution in [0.15, 0.2) is 48.5 Å². The van der Waals surface area contributed by atoms with Crippen LogP contribution in [0.3, 0.4) is 0 Å². The van der Waals surface area contributed by atoms with Gasteiger partial charge in [0.25, 0.3) is 0 Å². The van der Waals surface area contributed by atoms with E-state index in [-0.39, 0.29) is 16.9 Å². The minimum absolute atomic E-state index is 0.0254. The third-order valence-electron chi connectivity index (χ3n) is 4.04. The molecule has 2 aromatic rings. The van der Waals surface area contributed by atoms with Crippen LogP contribution in [0.1, 0.15) is 37.3 Å². The first-order valence-electron chi connectivity index (χ1n) is 8.69. The topological polar surface area (TPSA) is 38.8 Å². The molecule has 1 aliphatic heterocycles. The molecule has 138 valence electrons. The maximum Gasteiger partial charge on any atom is 0.234 e. The summed E-state index contributed by atoms with van der Waals surface area (Å²) in [5, 5.41) is 0.0254. The van der Waals surface area contributed by atoms with E-state index in [1.807, 2.05) is 62.1 Å². The molecule has 1 heterocycles. The van der Waals surface area contributed by atoms with E-state index in [4.69, 9.17) is 9.47 Å². The molecule has 2 aromatic carbocycles. The molecule has 0 N–H and O–H groups in total. The number of carbonyl (C=O) groups excluding carboxylic acids is 1. The Morgan fingerprint density at radius 1 is 1.12 bits per heavy atom. The number of nitrogens with zero attached hydrogens (tertiary/aromatic N) is 1. The van der Waals surface area contributed by atoms with Crippen molar-refractivity contribution in [2.45, 2.75) is 38.3 Å². The fourth-order valence-electron chi connectivity index (χ4n) is 2.92. The minimum Gasteiger partial charge on any atom is -0.497 e. The second-order valence-electron chi connectivity index (χ2n) is 7.32. The molecule has 0 saturated carbocycles. The lowest BCUT2D eigenvalue weighted by Gasteiger charge is -2.25. The number of amides is 1. The number of methoxy groups -OCH3 is 1. The summed E-state index contributed by atoms with van der Waals surface area (Å²) in [6, 6.07) is 15.9. The molecule has 1 amide bonds. The zero-order chi connectivity index (χ0) is 18.7. The highest BCUT2D eigenvalue weighted by Crippen LogP contribution is 2.40. The molecule has 1 atom stereocenters. The van der Waals surface area contributed by atoms with Crippen LogP contribution >= 0.6 is 11.8 Å². The fraction of sp³-hybridized carbons (Fsp3) is 0.381. The lowest BCUT2D eigenvalue weighted by molar-refractivity contribution is -0.128. The molecule has 1 fully saturated rings. The molecule has 0 aromatic heterocycles. The summed E-state index contributed by atoms with van der Waals surface area (Å²) >= 11 is 1.66. The maximum atomic E-state index is 12.4. The Hall–Kier alpha value is -2.14. The van der Waals surface area contributed by atoms with Crippen molar-refractivity contribution >= 4 is 17.7 Å². The fourth-order valence-corrected chi connectivity index (χ4v) is 4.11. The highest BCUT2D eigenvalue weighted by Gasteiger charge is 2.32. The van der Waals surface area contributed by atoms with Crippen molar-refractivity contribution in [2.24, 2.45) is 0 Å². The summed E-state index contributed by atoms with van der Waals surface area (Å²) in [6.07, 6.45) is 0. The van der Waals surface area contributed by atoms with Crippen LogP contribution in [0, 0.1) is 0 Å². The van der Waals surface area contributed by atoms with Crippen LogP contribution in [0.25, 0.3) is 0 Å². The third-order valence-corrected chi connectivity index (χ3v) is 5.30. The molecular weight excluding hydrogens is 346 g/mol. The van der Waals surface area contributed by atoms with E-state index in [2.05, 4.69) is 12.1 Å². The SMILES string of the molecule is COc1cccc(CN2C(=O)CSC2c2ccc(OC(C)(C)C)cc2)c1. The number of ether oxygens (including phenoxy) is 2. The molecule has 4 nitrogen and oxygen atoms in total. The lowest BCUT2D eigenvalue weighted by atomic mass is 10.1. The van der Waals surface area contributed by atoms with Gasteiger partial charge in [0.15, 0.2) is 0 Å². The summed E-state index contributed by atoms with van der Waals surface area (Å²) in [6.45, 7) is 6.67. The van der Waals surface area contributed by atoms with Crippen molar-refractivity contribution in [3.8, 4) is 11.5 Å². The monoisotopic (exact) mass is 371 g/mol. The summed E-state index contributed by atoms with van der Waals surface area (Å²) in [4.78, 5) is 14.4. The summed E-state index contributed by atoms with van der Waals surface area (Å²) in [7, 11) is 1.65. The van der Waals surface area contributed by atoms with E-state index in [0.717, 1.165) is 22.6 Å². The normalized spacial score (nSPS) is 17.5. The second kappa shape index (κ2) is 7.62. The van der Waals surface area contributed by atoms with Crippen molar-refractivity contribution in [3.63, 3.8) is 0 Å². The molecular formula is C21H25NO3S. The van der Waals surface area contributed by atoms with Crippen molar-refractivity contribution in [1.82, 2.24) is 4.90 Å². The van der Waals surface area contributed by atoms with Gasteiger partial charge in [0.1, 0.15) is 22.5 Å². The Labute approximate surface area is 159 Å². The largest absolute Gasteiger partial charge is 0.497 e. The van der Waals surface area contributed by atoms with Crippen LogP contribution in [0.4, 0.5) is 0 Å². The number of carbonyl (C=O) groups is 1. The van der Waals surface area contributed by atoms with Crippen molar-refractivity contribution in [2.75, 3.05) is 12.9 Å². The van der Waals surface area contributed by atoms with Crippen LogP contribution in [0.2, 0.25) is 0 Å². The van der Waals surface area contributed by atoms with Gasteiger partial charge in [-0.1, -0.05) is 24.3 Å². The minimum atomic E-state index is -0.224. The Morgan fingerprint density at radius 3 is 2.50 bits per heavy atom. The van der Waals surface area contributed by atoms with Gasteiger partial charge in [-0.15, -0.1) is 11.8 Å². The van der Waals surface area contributed by atoms with Gasteiger partial charge >= 0.3 is 0 Å². The third kappa shape index (κ3) is 4.52. The predicted octanol–water partition coefficient (Wildman–Crippen LogP) is 4.65. The highest BCUT2D eigenvalue weighted by atomic mass is 32.2. The molecule has 1 aliphatic rings. The molecule has 3 rings (SSSR count). The Bertz CT molecular complexity index is 768. The average molecular weight is 372 g/mol. The zero-order valence-corrected chi connectivity index (χ0v) is 16.5. The molecule has 0 spiro atoms. The van der Waals surface area contributed by atoms with Crippen LogP contribution in [-0.4, -0.2) is 29.3 Å². The first kappa shape index (κ1) is 18.6. The van der Waals surface area contributed by atoms with Crippen LogP contribution in [-0.2, 0) is 11.3 Å². The molecule has 0 aliphatic carbocycles. The Kier molecular flexibility index (Phi) is 5.47. The molecule has 0 bridgehead atoms. The summed E-state index contributed by atoms with van der Waals surface area (Å²) in [5.41, 5.74) is 1.96.